The summed E-state index contributed by atoms with van der Waals surface area (Å²) >= 11 is 12.6. The third-order valence-corrected chi connectivity index (χ3v) is 7.33. The van der Waals surface area contributed by atoms with Crippen molar-refractivity contribution < 1.29 is 14.6 Å². The molecule has 1 aliphatic rings. The Hall–Kier alpha value is -3.91. The third-order valence-electron chi connectivity index (χ3n) is 6.73. The first-order valence-corrected chi connectivity index (χ1v) is 13.0. The minimum absolute atomic E-state index is 0.116. The number of nitrogens with zero attached hydrogens (tertiary/aromatic N) is 5. The molecule has 3 aromatic heterocycles. The molecule has 1 aromatic carbocycles. The minimum atomic E-state index is -0.612. The first kappa shape index (κ1) is 26.7. The van der Waals surface area contributed by atoms with Crippen molar-refractivity contribution in [3.63, 3.8) is 0 Å². The Balaban J connectivity index is 1.39. The van der Waals surface area contributed by atoms with Crippen LogP contribution in [0.3, 0.4) is 0 Å². The summed E-state index contributed by atoms with van der Waals surface area (Å²) in [5, 5.41) is 30.7. The Morgan fingerprint density at radius 2 is 2.03 bits per heavy atom. The number of rotatable bonds is 8. The number of nitrogens with one attached hydrogen (secondary N) is 2. The smallest absolute Gasteiger partial charge is 0.229 e. The third kappa shape index (κ3) is 5.08. The van der Waals surface area contributed by atoms with E-state index in [1.807, 2.05) is 36.9 Å². The van der Waals surface area contributed by atoms with Crippen molar-refractivity contribution >= 4 is 45.8 Å². The van der Waals surface area contributed by atoms with E-state index in [0.29, 0.717) is 57.1 Å². The summed E-state index contributed by atoms with van der Waals surface area (Å²) in [6, 6.07) is 9.51. The number of aliphatic hydroxyl groups is 1. The molecular formula is C27H25Cl2N7O3. The SMILES string of the molecule is C[C@@H](Oc1ccc2[nH]nc(-c3cnc(N4CC(C)(C(=O)NCCO)C4)c(C#N)c3)c2c1)c1c(Cl)cncc1Cl. The number of hydrogen-bond donors (Lipinski definition) is 3. The van der Waals surface area contributed by atoms with Crippen molar-refractivity contribution in [3.05, 3.63) is 64.0 Å². The summed E-state index contributed by atoms with van der Waals surface area (Å²) < 4.78 is 6.15. The van der Waals surface area contributed by atoms with E-state index >= 15 is 0 Å². The molecule has 39 heavy (non-hydrogen) atoms. The van der Waals surface area contributed by atoms with Crippen molar-refractivity contribution in [3.8, 4) is 23.1 Å². The Kier molecular flexibility index (Phi) is 7.32. The Morgan fingerprint density at radius 3 is 2.72 bits per heavy atom. The number of aliphatic hydroxyl groups excluding tert-OH is 1. The van der Waals surface area contributed by atoms with Gasteiger partial charge in [-0.2, -0.15) is 10.4 Å². The van der Waals surface area contributed by atoms with E-state index in [1.165, 1.54) is 12.4 Å². The Labute approximate surface area is 234 Å². The summed E-state index contributed by atoms with van der Waals surface area (Å²) in [4.78, 5) is 22.9. The lowest BCUT2D eigenvalue weighted by molar-refractivity contribution is -0.131. The van der Waals surface area contributed by atoms with Gasteiger partial charge < -0.3 is 20.1 Å². The Bertz CT molecular complexity index is 1570. The molecule has 1 saturated heterocycles. The fourth-order valence-corrected chi connectivity index (χ4v) is 5.42. The standard InChI is InChI=1S/C27H25Cl2N7O3/c1-15(23-20(28)11-31-12-21(23)29)39-18-3-4-22-19(8-18)24(35-34-22)17-7-16(9-30)25(33-10-17)36-13-27(2,14-36)26(38)32-5-6-37/h3-4,7-8,10-12,15,37H,5-6,13-14H2,1-2H3,(H,32,38)(H,34,35)/t15-/m1/s1. The molecule has 0 aliphatic carbocycles. The molecule has 0 radical (unpaired) electrons. The fourth-order valence-electron chi connectivity index (χ4n) is 4.75. The molecule has 5 rings (SSSR count). The van der Waals surface area contributed by atoms with Crippen LogP contribution in [0.2, 0.25) is 10.0 Å². The zero-order valence-corrected chi connectivity index (χ0v) is 22.7. The molecule has 0 saturated carbocycles. The largest absolute Gasteiger partial charge is 0.486 e. The van der Waals surface area contributed by atoms with Crippen LogP contribution in [-0.2, 0) is 4.79 Å². The fraction of sp³-hybridized carbons (Fsp3) is 0.296. The highest BCUT2D eigenvalue weighted by molar-refractivity contribution is 6.35. The molecule has 200 valence electrons. The average Bonchev–Trinajstić information content (AvgIpc) is 3.32. The molecule has 12 heteroatoms. The van der Waals surface area contributed by atoms with Crippen LogP contribution in [-0.4, -0.2) is 57.4 Å². The molecule has 10 nitrogen and oxygen atoms in total. The van der Waals surface area contributed by atoms with Gasteiger partial charge >= 0.3 is 0 Å². The van der Waals surface area contributed by atoms with Gasteiger partial charge in [-0.25, -0.2) is 4.98 Å². The number of nitriles is 1. The average molecular weight is 566 g/mol. The van der Waals surface area contributed by atoms with Crippen LogP contribution in [0.4, 0.5) is 5.82 Å². The number of amides is 1. The van der Waals surface area contributed by atoms with Crippen LogP contribution < -0.4 is 15.0 Å². The second kappa shape index (κ2) is 10.7. The number of benzene rings is 1. The number of carbonyl (C=O) groups is 1. The lowest BCUT2D eigenvalue weighted by atomic mass is 9.80. The van der Waals surface area contributed by atoms with Gasteiger partial charge in [-0.3, -0.25) is 14.9 Å². The van der Waals surface area contributed by atoms with Crippen LogP contribution >= 0.6 is 23.2 Å². The van der Waals surface area contributed by atoms with Gasteiger partial charge in [0.15, 0.2) is 0 Å². The van der Waals surface area contributed by atoms with Crippen molar-refractivity contribution in [2.24, 2.45) is 5.41 Å². The van der Waals surface area contributed by atoms with Gasteiger partial charge in [-0.05, 0) is 38.1 Å². The van der Waals surface area contributed by atoms with Crippen LogP contribution in [0.25, 0.3) is 22.2 Å². The molecule has 3 N–H and O–H groups in total. The van der Waals surface area contributed by atoms with Gasteiger partial charge in [-0.1, -0.05) is 23.2 Å². The number of halogens is 2. The van der Waals surface area contributed by atoms with Gasteiger partial charge in [0, 0.05) is 54.7 Å². The number of pyridine rings is 2. The van der Waals surface area contributed by atoms with E-state index in [0.717, 1.165) is 10.9 Å². The number of fused-ring (bicyclic) bond motifs is 1. The van der Waals surface area contributed by atoms with Gasteiger partial charge in [-0.15, -0.1) is 0 Å². The second-order valence-corrected chi connectivity index (χ2v) is 10.5. The maximum atomic E-state index is 12.4. The van der Waals surface area contributed by atoms with Crippen LogP contribution in [0.5, 0.6) is 5.75 Å². The van der Waals surface area contributed by atoms with E-state index in [1.54, 1.807) is 12.3 Å². The number of aromatic amines is 1. The molecule has 0 bridgehead atoms. The maximum Gasteiger partial charge on any atom is 0.229 e. The lowest BCUT2D eigenvalue weighted by Gasteiger charge is -2.47. The lowest BCUT2D eigenvalue weighted by Crippen LogP contribution is -2.62. The van der Waals surface area contributed by atoms with E-state index in [2.05, 4.69) is 31.6 Å². The van der Waals surface area contributed by atoms with Gasteiger partial charge in [0.1, 0.15) is 29.4 Å². The molecule has 1 fully saturated rings. The topological polar surface area (TPSA) is 140 Å². The summed E-state index contributed by atoms with van der Waals surface area (Å²) in [7, 11) is 0. The second-order valence-electron chi connectivity index (χ2n) is 9.66. The normalized spacial score (nSPS) is 14.9. The van der Waals surface area contributed by atoms with Gasteiger partial charge in [0.05, 0.1) is 33.1 Å². The molecule has 1 aliphatic heterocycles. The first-order valence-electron chi connectivity index (χ1n) is 12.2. The van der Waals surface area contributed by atoms with Crippen molar-refractivity contribution in [2.45, 2.75) is 20.0 Å². The summed E-state index contributed by atoms with van der Waals surface area (Å²) in [5.74, 6) is 0.968. The molecule has 0 unspecified atom stereocenters. The maximum absolute atomic E-state index is 12.4. The first-order chi connectivity index (χ1) is 18.7. The van der Waals surface area contributed by atoms with E-state index in [4.69, 9.17) is 33.0 Å². The molecule has 4 heterocycles. The predicted molar refractivity (Wildman–Crippen MR) is 148 cm³/mol. The zero-order valence-electron chi connectivity index (χ0n) is 21.2. The van der Waals surface area contributed by atoms with Crippen molar-refractivity contribution in [1.29, 1.82) is 5.26 Å². The van der Waals surface area contributed by atoms with Crippen LogP contribution in [0, 0.1) is 16.7 Å². The van der Waals surface area contributed by atoms with Crippen LogP contribution in [0.15, 0.2) is 42.9 Å². The van der Waals surface area contributed by atoms with E-state index in [-0.39, 0.29) is 19.1 Å². The summed E-state index contributed by atoms with van der Waals surface area (Å²) in [6.07, 6.45) is 4.28. The van der Waals surface area contributed by atoms with Gasteiger partial charge in [0.25, 0.3) is 0 Å². The highest BCUT2D eigenvalue weighted by Crippen LogP contribution is 2.38. The summed E-state index contributed by atoms with van der Waals surface area (Å²) in [6.45, 7) is 4.63. The number of aromatic nitrogens is 4. The quantitative estimate of drug-likeness (QED) is 0.287. The molecule has 4 aromatic rings. The number of carbonyl (C=O) groups excluding carboxylic acids is 1. The number of anilines is 1. The zero-order chi connectivity index (χ0) is 27.7. The molecule has 1 atom stereocenters. The van der Waals surface area contributed by atoms with Gasteiger partial charge in [0.2, 0.25) is 5.91 Å². The molecule has 0 spiro atoms. The highest BCUT2D eigenvalue weighted by atomic mass is 35.5. The van der Waals surface area contributed by atoms with Crippen LogP contribution in [0.1, 0.15) is 31.1 Å². The monoisotopic (exact) mass is 565 g/mol. The number of H-pyrrole nitrogens is 1. The van der Waals surface area contributed by atoms with Crippen molar-refractivity contribution in [1.82, 2.24) is 25.5 Å². The molecule has 1 amide bonds. The van der Waals surface area contributed by atoms with Crippen molar-refractivity contribution in [2.75, 3.05) is 31.1 Å². The Morgan fingerprint density at radius 1 is 1.28 bits per heavy atom. The number of hydrogen-bond acceptors (Lipinski definition) is 8. The van der Waals surface area contributed by atoms with E-state index in [9.17, 15) is 10.1 Å². The predicted octanol–water partition coefficient (Wildman–Crippen LogP) is 4.27. The summed E-state index contributed by atoms with van der Waals surface area (Å²) in [5.41, 5.74) is 2.49. The minimum Gasteiger partial charge on any atom is -0.486 e. The van der Waals surface area contributed by atoms with E-state index < -0.39 is 11.5 Å². The molecular weight excluding hydrogens is 541 g/mol. The number of ether oxygens (including phenoxy) is 1. The highest BCUT2D eigenvalue weighted by Gasteiger charge is 2.46.